The molecule has 0 amide bonds. The molecule has 0 aliphatic carbocycles. The molecule has 0 saturated carbocycles. The summed E-state index contributed by atoms with van der Waals surface area (Å²) >= 11 is 0. The fraction of sp³-hybridized carbons (Fsp3) is 0.235. The van der Waals surface area contributed by atoms with Crippen LogP contribution in [0, 0.1) is 10.1 Å². The van der Waals surface area contributed by atoms with E-state index in [2.05, 4.69) is 15.6 Å². The predicted octanol–water partition coefficient (Wildman–Crippen LogP) is 3.07. The van der Waals surface area contributed by atoms with Gasteiger partial charge in [0.2, 0.25) is 0 Å². The number of anilines is 2. The maximum Gasteiger partial charge on any atom is 0.269 e. The molecule has 4 N–H and O–H groups in total. The van der Waals surface area contributed by atoms with Crippen LogP contribution >= 0.6 is 24.0 Å². The average molecular weight is 487 g/mol. The first-order chi connectivity index (χ1) is 12.5. The first kappa shape index (κ1) is 22.3. The zero-order valence-electron chi connectivity index (χ0n) is 15.0. The summed E-state index contributed by atoms with van der Waals surface area (Å²) in [6, 6.07) is 11.5. The lowest BCUT2D eigenvalue weighted by Crippen LogP contribution is -2.23. The molecule has 0 atom stereocenters. The maximum absolute atomic E-state index is 10.6. The van der Waals surface area contributed by atoms with E-state index >= 15 is 0 Å². The lowest BCUT2D eigenvalue weighted by Gasteiger charge is -2.11. The van der Waals surface area contributed by atoms with Crippen molar-refractivity contribution in [2.24, 2.45) is 10.7 Å². The van der Waals surface area contributed by atoms with Gasteiger partial charge in [-0.15, -0.1) is 24.0 Å². The molecule has 0 saturated heterocycles. The number of halogens is 1. The topological polar surface area (TPSA) is 124 Å². The summed E-state index contributed by atoms with van der Waals surface area (Å²) in [5, 5.41) is 16.7. The summed E-state index contributed by atoms with van der Waals surface area (Å²) in [7, 11) is 3.13. The van der Waals surface area contributed by atoms with Crippen molar-refractivity contribution in [3.05, 3.63) is 52.6 Å². The fourth-order valence-corrected chi connectivity index (χ4v) is 2.18. The number of nitro benzene ring substituents is 1. The second kappa shape index (κ2) is 11.1. The zero-order valence-corrected chi connectivity index (χ0v) is 17.3. The van der Waals surface area contributed by atoms with Crippen LogP contribution in [0.15, 0.2) is 47.5 Å². The predicted molar refractivity (Wildman–Crippen MR) is 117 cm³/mol. The lowest BCUT2D eigenvalue weighted by atomic mass is 10.3. The van der Waals surface area contributed by atoms with E-state index in [4.69, 9.17) is 15.2 Å². The van der Waals surface area contributed by atoms with E-state index < -0.39 is 4.92 Å². The Labute approximate surface area is 174 Å². The minimum atomic E-state index is -0.436. The van der Waals surface area contributed by atoms with Crippen molar-refractivity contribution in [2.75, 3.05) is 37.9 Å². The third kappa shape index (κ3) is 6.81. The van der Waals surface area contributed by atoms with Gasteiger partial charge in [-0.05, 0) is 24.3 Å². The largest absolute Gasteiger partial charge is 0.493 e. The van der Waals surface area contributed by atoms with Crippen molar-refractivity contribution in [1.82, 2.24) is 0 Å². The Morgan fingerprint density at radius 1 is 1.11 bits per heavy atom. The van der Waals surface area contributed by atoms with Crippen LogP contribution in [0.1, 0.15) is 0 Å². The van der Waals surface area contributed by atoms with Crippen LogP contribution in [0.2, 0.25) is 0 Å². The molecular weight excluding hydrogens is 465 g/mol. The number of hydrogen-bond acceptors (Lipinski definition) is 6. The average Bonchev–Trinajstić information content (AvgIpc) is 2.65. The standard InChI is InChI=1S/C17H21N5O4.HI/c1-25-15-8-5-13(11-16(15)26-2)21-17(18)20-10-9-19-12-3-6-14(7-4-12)22(23)24;/h3-8,11,19H,9-10H2,1-2H3,(H3,18,20,21);1H. The van der Waals surface area contributed by atoms with E-state index in [1.165, 1.54) is 12.1 Å². The molecule has 27 heavy (non-hydrogen) atoms. The molecule has 0 aliphatic rings. The van der Waals surface area contributed by atoms with Gasteiger partial charge in [-0.3, -0.25) is 15.1 Å². The van der Waals surface area contributed by atoms with Crippen LogP contribution in [-0.4, -0.2) is 38.2 Å². The summed E-state index contributed by atoms with van der Waals surface area (Å²) < 4.78 is 10.4. The van der Waals surface area contributed by atoms with Crippen molar-refractivity contribution in [2.45, 2.75) is 0 Å². The van der Waals surface area contributed by atoms with E-state index in [1.807, 2.05) is 0 Å². The highest BCUT2D eigenvalue weighted by atomic mass is 127. The number of non-ortho nitro benzene ring substituents is 1. The monoisotopic (exact) mass is 487 g/mol. The number of nitrogens with zero attached hydrogens (tertiary/aromatic N) is 2. The number of ether oxygens (including phenoxy) is 2. The van der Waals surface area contributed by atoms with Crippen LogP contribution in [0.25, 0.3) is 0 Å². The molecule has 2 rings (SSSR count). The second-order valence-corrected chi connectivity index (χ2v) is 5.19. The molecule has 0 aliphatic heterocycles. The Hall–Kier alpha value is -2.76. The number of benzene rings is 2. The van der Waals surface area contributed by atoms with Gasteiger partial charge in [0.15, 0.2) is 17.5 Å². The highest BCUT2D eigenvalue weighted by Crippen LogP contribution is 2.29. The number of guanidine groups is 1. The highest BCUT2D eigenvalue weighted by molar-refractivity contribution is 14.0. The van der Waals surface area contributed by atoms with Gasteiger partial charge in [0, 0.05) is 36.1 Å². The molecule has 146 valence electrons. The normalized spacial score (nSPS) is 10.5. The van der Waals surface area contributed by atoms with Crippen LogP contribution in [-0.2, 0) is 0 Å². The van der Waals surface area contributed by atoms with Gasteiger partial charge in [-0.25, -0.2) is 0 Å². The SMILES string of the molecule is COc1ccc(NC(N)=NCCNc2ccc([N+](=O)[O-])cc2)cc1OC.I. The first-order valence-corrected chi connectivity index (χ1v) is 7.80. The van der Waals surface area contributed by atoms with Crippen molar-refractivity contribution in [3.63, 3.8) is 0 Å². The van der Waals surface area contributed by atoms with Crippen molar-refractivity contribution < 1.29 is 14.4 Å². The number of nitrogens with two attached hydrogens (primary N) is 1. The van der Waals surface area contributed by atoms with Gasteiger partial charge in [0.25, 0.3) is 5.69 Å². The highest BCUT2D eigenvalue weighted by Gasteiger charge is 2.05. The van der Waals surface area contributed by atoms with E-state index in [1.54, 1.807) is 44.6 Å². The molecule has 2 aromatic carbocycles. The Kier molecular flexibility index (Phi) is 9.13. The van der Waals surface area contributed by atoms with Crippen molar-refractivity contribution >= 4 is 47.0 Å². The molecule has 0 unspecified atom stereocenters. The lowest BCUT2D eigenvalue weighted by molar-refractivity contribution is -0.384. The molecule has 9 nitrogen and oxygen atoms in total. The molecular formula is C17H22IN5O4. The summed E-state index contributed by atoms with van der Waals surface area (Å²) in [5.41, 5.74) is 7.42. The molecule has 0 aromatic heterocycles. The molecule has 0 bridgehead atoms. The smallest absolute Gasteiger partial charge is 0.269 e. The van der Waals surface area contributed by atoms with E-state index in [0.717, 1.165) is 11.4 Å². The second-order valence-electron chi connectivity index (χ2n) is 5.19. The van der Waals surface area contributed by atoms with Gasteiger partial charge in [0.1, 0.15) is 0 Å². The van der Waals surface area contributed by atoms with E-state index in [9.17, 15) is 10.1 Å². The molecule has 10 heteroatoms. The third-order valence-corrected chi connectivity index (χ3v) is 3.46. The van der Waals surface area contributed by atoms with E-state index in [-0.39, 0.29) is 35.6 Å². The molecule has 0 radical (unpaired) electrons. The molecule has 0 fully saturated rings. The quantitative estimate of drug-likeness (QED) is 0.131. The minimum Gasteiger partial charge on any atom is -0.493 e. The number of hydrogen-bond donors (Lipinski definition) is 3. The van der Waals surface area contributed by atoms with Gasteiger partial charge in [-0.1, -0.05) is 0 Å². The third-order valence-electron chi connectivity index (χ3n) is 3.46. The van der Waals surface area contributed by atoms with E-state index in [0.29, 0.717) is 24.6 Å². The van der Waals surface area contributed by atoms with Crippen LogP contribution in [0.3, 0.4) is 0 Å². The number of nitro groups is 1. The van der Waals surface area contributed by atoms with Crippen molar-refractivity contribution in [1.29, 1.82) is 0 Å². The van der Waals surface area contributed by atoms with Gasteiger partial charge >= 0.3 is 0 Å². The van der Waals surface area contributed by atoms with Crippen LogP contribution in [0.5, 0.6) is 11.5 Å². The van der Waals surface area contributed by atoms with Gasteiger partial charge in [0.05, 0.1) is 25.7 Å². The van der Waals surface area contributed by atoms with Crippen molar-refractivity contribution in [3.8, 4) is 11.5 Å². The number of aliphatic imine (C=N–C) groups is 1. The first-order valence-electron chi connectivity index (χ1n) is 7.80. The molecule has 2 aromatic rings. The Morgan fingerprint density at radius 3 is 2.33 bits per heavy atom. The zero-order chi connectivity index (χ0) is 18.9. The Morgan fingerprint density at radius 2 is 1.74 bits per heavy atom. The summed E-state index contributed by atoms with van der Waals surface area (Å²) in [6.45, 7) is 0.967. The molecule has 0 heterocycles. The summed E-state index contributed by atoms with van der Waals surface area (Å²) in [6.07, 6.45) is 0. The number of nitrogens with one attached hydrogen (secondary N) is 2. The Balaban J connectivity index is 0.00000364. The summed E-state index contributed by atoms with van der Waals surface area (Å²) in [4.78, 5) is 14.4. The number of rotatable bonds is 8. The molecule has 0 spiro atoms. The fourth-order valence-electron chi connectivity index (χ4n) is 2.18. The maximum atomic E-state index is 10.6. The number of methoxy groups -OCH3 is 2. The Bertz CT molecular complexity index is 783. The minimum absolute atomic E-state index is 0. The summed E-state index contributed by atoms with van der Waals surface area (Å²) in [5.74, 6) is 1.48. The van der Waals surface area contributed by atoms with Gasteiger partial charge < -0.3 is 25.8 Å². The van der Waals surface area contributed by atoms with Gasteiger partial charge in [-0.2, -0.15) is 0 Å². The van der Waals surface area contributed by atoms with Crippen LogP contribution < -0.4 is 25.8 Å². The van der Waals surface area contributed by atoms with Crippen LogP contribution in [0.4, 0.5) is 17.1 Å².